The maximum Gasteiger partial charge on any atom is 0.304 e. The number of hydrogen-bond acceptors (Lipinski definition) is 5. The average molecular weight is 253 g/mol. The first-order valence-electron chi connectivity index (χ1n) is 6.41. The molecule has 0 aliphatic carbocycles. The van der Waals surface area contributed by atoms with Gasteiger partial charge in [0, 0.05) is 12.6 Å². The summed E-state index contributed by atoms with van der Waals surface area (Å²) in [5.74, 6) is 0.0918. The minimum absolute atomic E-state index is 0.120. The topological polar surface area (TPSA) is 84.1 Å². The fourth-order valence-electron chi connectivity index (χ4n) is 2.44. The number of nitrogens with zero attached hydrogens (tertiary/aromatic N) is 5. The molecule has 2 heterocycles. The number of rotatable bonds is 6. The van der Waals surface area contributed by atoms with Crippen molar-refractivity contribution >= 4 is 5.97 Å². The number of aliphatic carboxylic acids is 1. The number of carboxylic acid groups (broad SMARTS) is 1. The first-order chi connectivity index (χ1) is 8.70. The van der Waals surface area contributed by atoms with Crippen LogP contribution in [0.1, 0.15) is 38.4 Å². The Hall–Kier alpha value is -1.50. The van der Waals surface area contributed by atoms with Crippen LogP contribution >= 0.6 is 0 Å². The zero-order valence-corrected chi connectivity index (χ0v) is 10.6. The lowest BCUT2D eigenvalue weighted by molar-refractivity contribution is -0.138. The van der Waals surface area contributed by atoms with Crippen LogP contribution in [0, 0.1) is 0 Å². The Balaban J connectivity index is 1.99. The van der Waals surface area contributed by atoms with Crippen molar-refractivity contribution < 1.29 is 9.90 Å². The highest BCUT2D eigenvalue weighted by molar-refractivity contribution is 5.67. The van der Waals surface area contributed by atoms with E-state index >= 15 is 0 Å². The van der Waals surface area contributed by atoms with E-state index in [0.717, 1.165) is 38.2 Å². The zero-order chi connectivity index (χ0) is 13.0. The van der Waals surface area contributed by atoms with Gasteiger partial charge in [0.2, 0.25) is 0 Å². The molecule has 100 valence electrons. The SMILES string of the molecule is CCCn1nnnc1CN1CCCC1CC(=O)O. The van der Waals surface area contributed by atoms with Gasteiger partial charge in [0.15, 0.2) is 5.82 Å². The maximum absolute atomic E-state index is 10.8. The number of aryl methyl sites for hydroxylation is 1. The molecule has 1 aromatic rings. The van der Waals surface area contributed by atoms with Gasteiger partial charge < -0.3 is 5.11 Å². The number of hydrogen-bond donors (Lipinski definition) is 1. The van der Waals surface area contributed by atoms with E-state index in [4.69, 9.17) is 5.11 Å². The fourth-order valence-corrected chi connectivity index (χ4v) is 2.44. The Bertz CT molecular complexity index is 406. The Morgan fingerprint density at radius 2 is 2.39 bits per heavy atom. The van der Waals surface area contributed by atoms with Gasteiger partial charge in [-0.25, -0.2) is 4.68 Å². The van der Waals surface area contributed by atoms with Crippen molar-refractivity contribution in [3.05, 3.63) is 5.82 Å². The third kappa shape index (κ3) is 3.04. The maximum atomic E-state index is 10.8. The molecule has 0 radical (unpaired) electrons. The molecule has 0 spiro atoms. The van der Waals surface area contributed by atoms with Gasteiger partial charge in [-0.05, 0) is 36.2 Å². The Morgan fingerprint density at radius 3 is 3.11 bits per heavy atom. The highest BCUT2D eigenvalue weighted by Crippen LogP contribution is 2.21. The normalized spacial score (nSPS) is 20.4. The van der Waals surface area contributed by atoms with Crippen LogP contribution in [0.15, 0.2) is 0 Å². The lowest BCUT2D eigenvalue weighted by Gasteiger charge is -2.22. The summed E-state index contributed by atoms with van der Waals surface area (Å²) in [6.07, 6.45) is 3.18. The molecule has 2 rings (SSSR count). The van der Waals surface area contributed by atoms with E-state index in [1.54, 1.807) is 4.68 Å². The lowest BCUT2D eigenvalue weighted by Crippen LogP contribution is -2.32. The van der Waals surface area contributed by atoms with Crippen molar-refractivity contribution in [3.63, 3.8) is 0 Å². The molecule has 18 heavy (non-hydrogen) atoms. The van der Waals surface area contributed by atoms with Crippen molar-refractivity contribution in [3.8, 4) is 0 Å². The first-order valence-corrected chi connectivity index (χ1v) is 6.41. The van der Waals surface area contributed by atoms with Crippen LogP contribution in [0.3, 0.4) is 0 Å². The van der Waals surface area contributed by atoms with Gasteiger partial charge >= 0.3 is 5.97 Å². The fraction of sp³-hybridized carbons (Fsp3) is 0.818. The predicted molar refractivity (Wildman–Crippen MR) is 63.8 cm³/mol. The molecular formula is C11H19N5O2. The molecule has 1 aromatic heterocycles. The van der Waals surface area contributed by atoms with Gasteiger partial charge in [0.1, 0.15) is 0 Å². The van der Waals surface area contributed by atoms with E-state index in [1.165, 1.54) is 0 Å². The number of carbonyl (C=O) groups is 1. The van der Waals surface area contributed by atoms with Gasteiger partial charge in [-0.1, -0.05) is 6.92 Å². The molecule has 7 heteroatoms. The van der Waals surface area contributed by atoms with E-state index in [9.17, 15) is 4.79 Å². The molecule has 0 saturated carbocycles. The van der Waals surface area contributed by atoms with E-state index < -0.39 is 5.97 Å². The number of likely N-dealkylation sites (tertiary alicyclic amines) is 1. The number of aromatic nitrogens is 4. The molecule has 1 aliphatic heterocycles. The van der Waals surface area contributed by atoms with Crippen molar-refractivity contribution in [1.29, 1.82) is 0 Å². The van der Waals surface area contributed by atoms with Gasteiger partial charge in [-0.15, -0.1) is 5.10 Å². The summed E-state index contributed by atoms with van der Waals surface area (Å²) in [7, 11) is 0. The molecular weight excluding hydrogens is 234 g/mol. The third-order valence-electron chi connectivity index (χ3n) is 3.30. The monoisotopic (exact) mass is 253 g/mol. The van der Waals surface area contributed by atoms with Crippen molar-refractivity contribution in [1.82, 2.24) is 25.1 Å². The summed E-state index contributed by atoms with van der Waals surface area (Å²) in [4.78, 5) is 13.0. The van der Waals surface area contributed by atoms with Gasteiger partial charge in [0.25, 0.3) is 0 Å². The second-order valence-corrected chi connectivity index (χ2v) is 4.68. The van der Waals surface area contributed by atoms with Crippen molar-refractivity contribution in [2.75, 3.05) is 6.54 Å². The second-order valence-electron chi connectivity index (χ2n) is 4.68. The molecule has 0 amide bonds. The summed E-state index contributed by atoms with van der Waals surface area (Å²) >= 11 is 0. The minimum Gasteiger partial charge on any atom is -0.481 e. The third-order valence-corrected chi connectivity index (χ3v) is 3.30. The van der Waals surface area contributed by atoms with Crippen LogP contribution in [0.25, 0.3) is 0 Å². The average Bonchev–Trinajstić information content (AvgIpc) is 2.91. The predicted octanol–water partition coefficient (Wildman–Crippen LogP) is 0.522. The van der Waals surface area contributed by atoms with Crippen LogP contribution in [-0.2, 0) is 17.9 Å². The zero-order valence-electron chi connectivity index (χ0n) is 10.6. The van der Waals surface area contributed by atoms with Crippen LogP contribution in [0.5, 0.6) is 0 Å². The quantitative estimate of drug-likeness (QED) is 0.795. The summed E-state index contributed by atoms with van der Waals surface area (Å²) in [6.45, 7) is 4.45. The molecule has 1 saturated heterocycles. The van der Waals surface area contributed by atoms with Crippen LogP contribution in [0.4, 0.5) is 0 Å². The van der Waals surface area contributed by atoms with Gasteiger partial charge in [-0.3, -0.25) is 9.69 Å². The van der Waals surface area contributed by atoms with Crippen LogP contribution in [0.2, 0.25) is 0 Å². The Kier molecular flexibility index (Phi) is 4.24. The number of carboxylic acids is 1. The summed E-state index contributed by atoms with van der Waals surface area (Å²) in [6, 6.07) is 0.120. The highest BCUT2D eigenvalue weighted by atomic mass is 16.4. The molecule has 0 bridgehead atoms. The highest BCUT2D eigenvalue weighted by Gasteiger charge is 2.27. The van der Waals surface area contributed by atoms with Crippen molar-refractivity contribution in [2.24, 2.45) is 0 Å². The van der Waals surface area contributed by atoms with Crippen molar-refractivity contribution in [2.45, 2.75) is 51.7 Å². The minimum atomic E-state index is -0.736. The van der Waals surface area contributed by atoms with E-state index in [2.05, 4.69) is 27.3 Å². The summed E-state index contributed by atoms with van der Waals surface area (Å²) < 4.78 is 1.80. The van der Waals surface area contributed by atoms with E-state index in [0.29, 0.717) is 6.54 Å². The molecule has 1 fully saturated rings. The lowest BCUT2D eigenvalue weighted by atomic mass is 10.1. The molecule has 1 unspecified atom stereocenters. The van der Waals surface area contributed by atoms with E-state index in [1.807, 2.05) is 0 Å². The van der Waals surface area contributed by atoms with Gasteiger partial charge in [0.05, 0.1) is 13.0 Å². The molecule has 7 nitrogen and oxygen atoms in total. The summed E-state index contributed by atoms with van der Waals surface area (Å²) in [5, 5.41) is 20.5. The van der Waals surface area contributed by atoms with E-state index in [-0.39, 0.29) is 12.5 Å². The first kappa shape index (κ1) is 12.9. The summed E-state index contributed by atoms with van der Waals surface area (Å²) in [5.41, 5.74) is 0. The molecule has 0 aromatic carbocycles. The second kappa shape index (κ2) is 5.90. The Labute approximate surface area is 106 Å². The molecule has 1 aliphatic rings. The molecule has 1 N–H and O–H groups in total. The molecule has 1 atom stereocenters. The largest absolute Gasteiger partial charge is 0.481 e. The van der Waals surface area contributed by atoms with Gasteiger partial charge in [-0.2, -0.15) is 0 Å². The Morgan fingerprint density at radius 1 is 1.56 bits per heavy atom. The standard InChI is InChI=1S/C11H19N5O2/c1-2-5-16-10(12-13-14-16)8-15-6-3-4-9(15)7-11(17)18/h9H,2-8H2,1H3,(H,17,18). The number of tetrazole rings is 1. The smallest absolute Gasteiger partial charge is 0.304 e. The van der Waals surface area contributed by atoms with Crippen LogP contribution < -0.4 is 0 Å². The van der Waals surface area contributed by atoms with Crippen LogP contribution in [-0.4, -0.2) is 48.8 Å².